The van der Waals surface area contributed by atoms with Crippen molar-refractivity contribution < 1.29 is 9.53 Å². The van der Waals surface area contributed by atoms with Crippen LogP contribution in [0.25, 0.3) is 0 Å². The van der Waals surface area contributed by atoms with E-state index in [-0.39, 0.29) is 11.9 Å². The summed E-state index contributed by atoms with van der Waals surface area (Å²) in [5.41, 5.74) is 7.54. The third-order valence-electron chi connectivity index (χ3n) is 5.32. The molecule has 0 aromatic heterocycles. The molecule has 3 N–H and O–H groups in total. The minimum atomic E-state index is -0.122. The number of hydrogen-bond donors (Lipinski definition) is 3. The number of methoxy groups -OCH3 is 1. The quantitative estimate of drug-likeness (QED) is 0.729. The fourth-order valence-corrected chi connectivity index (χ4v) is 3.60. The molecule has 0 spiro atoms. The van der Waals surface area contributed by atoms with Crippen molar-refractivity contribution >= 4 is 11.6 Å². The van der Waals surface area contributed by atoms with Crippen LogP contribution in [0.2, 0.25) is 0 Å². The van der Waals surface area contributed by atoms with Crippen LogP contribution in [0.4, 0.5) is 5.69 Å². The third kappa shape index (κ3) is 4.44. The van der Waals surface area contributed by atoms with Crippen LogP contribution in [0, 0.1) is 11.8 Å². The van der Waals surface area contributed by atoms with Crippen molar-refractivity contribution in [2.45, 2.75) is 38.8 Å². The topological polar surface area (TPSA) is 65.6 Å². The van der Waals surface area contributed by atoms with Crippen molar-refractivity contribution in [1.82, 2.24) is 16.2 Å². The summed E-state index contributed by atoms with van der Waals surface area (Å²) in [6.07, 6.45) is 1.95. The van der Waals surface area contributed by atoms with E-state index in [1.807, 2.05) is 12.1 Å². The molecule has 2 saturated heterocycles. The summed E-state index contributed by atoms with van der Waals surface area (Å²) in [6, 6.07) is 8.41. The number of anilines is 1. The summed E-state index contributed by atoms with van der Waals surface area (Å²) >= 11 is 0. The zero-order chi connectivity index (χ0) is 17.8. The van der Waals surface area contributed by atoms with Crippen LogP contribution in [0.15, 0.2) is 24.3 Å². The summed E-state index contributed by atoms with van der Waals surface area (Å²) in [7, 11) is 1.69. The summed E-state index contributed by atoms with van der Waals surface area (Å²) < 4.78 is 5.31. The second kappa shape index (κ2) is 8.06. The van der Waals surface area contributed by atoms with E-state index in [0.29, 0.717) is 17.9 Å². The van der Waals surface area contributed by atoms with Crippen molar-refractivity contribution in [2.75, 3.05) is 31.6 Å². The number of ether oxygens (including phenoxy) is 1. The highest BCUT2D eigenvalue weighted by atomic mass is 16.5. The number of amides is 1. The first-order valence-electron chi connectivity index (χ1n) is 9.24. The molecule has 2 aliphatic rings. The summed E-state index contributed by atoms with van der Waals surface area (Å²) in [5, 5.41) is 3.13. The molecule has 1 amide bonds. The highest BCUT2D eigenvalue weighted by Crippen LogP contribution is 2.26. The highest BCUT2D eigenvalue weighted by Gasteiger charge is 2.31. The lowest BCUT2D eigenvalue weighted by molar-refractivity contribution is -0.123. The van der Waals surface area contributed by atoms with Crippen LogP contribution in [-0.2, 0) is 4.79 Å². The van der Waals surface area contributed by atoms with E-state index in [0.717, 1.165) is 38.2 Å². The van der Waals surface area contributed by atoms with Crippen LogP contribution in [0.5, 0.6) is 5.75 Å². The Hall–Kier alpha value is -1.79. The van der Waals surface area contributed by atoms with Gasteiger partial charge in [-0.2, -0.15) is 0 Å². The van der Waals surface area contributed by atoms with Gasteiger partial charge in [0, 0.05) is 37.4 Å². The molecular formula is C19H30N4O2. The molecule has 3 atom stereocenters. The van der Waals surface area contributed by atoms with Crippen LogP contribution < -0.4 is 25.8 Å². The number of carbonyl (C=O) groups excluding carboxylic acids is 1. The van der Waals surface area contributed by atoms with E-state index < -0.39 is 0 Å². The normalized spacial score (nSPS) is 26.2. The minimum Gasteiger partial charge on any atom is -0.497 e. The van der Waals surface area contributed by atoms with Gasteiger partial charge in [0.15, 0.2) is 0 Å². The minimum absolute atomic E-state index is 0.107. The number of carbonyl (C=O) groups is 1. The van der Waals surface area contributed by atoms with Gasteiger partial charge in [-0.05, 0) is 36.8 Å². The van der Waals surface area contributed by atoms with Gasteiger partial charge in [-0.15, -0.1) is 0 Å². The standard InChI is InChI=1S/C19H30N4O2/c1-13(2)17-10-18(22-21-17)19(24)20-11-14-7-8-23(12-14)15-5-4-6-16(9-15)25-3/h4-6,9,13-14,17-18,21-22H,7-8,10-12H2,1-3H3,(H,20,24). The number of nitrogens with one attached hydrogen (secondary N) is 3. The zero-order valence-corrected chi connectivity index (χ0v) is 15.4. The number of rotatable bonds is 6. The van der Waals surface area contributed by atoms with Gasteiger partial charge in [0.05, 0.1) is 7.11 Å². The number of nitrogens with zero attached hydrogens (tertiary/aromatic N) is 1. The lowest BCUT2D eigenvalue weighted by Gasteiger charge is -2.20. The molecule has 6 nitrogen and oxygen atoms in total. The molecule has 3 unspecified atom stereocenters. The Morgan fingerprint density at radius 2 is 2.24 bits per heavy atom. The van der Waals surface area contributed by atoms with Gasteiger partial charge in [0.2, 0.25) is 5.91 Å². The molecule has 2 fully saturated rings. The van der Waals surface area contributed by atoms with Crippen molar-refractivity contribution in [2.24, 2.45) is 11.8 Å². The van der Waals surface area contributed by atoms with Crippen LogP contribution >= 0.6 is 0 Å². The molecule has 6 heteroatoms. The van der Waals surface area contributed by atoms with Gasteiger partial charge in [-0.25, -0.2) is 5.43 Å². The van der Waals surface area contributed by atoms with Crippen molar-refractivity contribution in [3.05, 3.63) is 24.3 Å². The predicted molar refractivity (Wildman–Crippen MR) is 99.6 cm³/mol. The molecule has 2 heterocycles. The fraction of sp³-hybridized carbons (Fsp3) is 0.632. The molecule has 1 aromatic carbocycles. The molecular weight excluding hydrogens is 316 g/mol. The van der Waals surface area contributed by atoms with Gasteiger partial charge in [-0.1, -0.05) is 19.9 Å². The van der Waals surface area contributed by atoms with E-state index in [1.165, 1.54) is 5.69 Å². The van der Waals surface area contributed by atoms with E-state index >= 15 is 0 Å². The molecule has 25 heavy (non-hydrogen) atoms. The summed E-state index contributed by atoms with van der Waals surface area (Å²) in [4.78, 5) is 14.7. The Balaban J connectivity index is 1.45. The van der Waals surface area contributed by atoms with Crippen LogP contribution in [0.1, 0.15) is 26.7 Å². The first kappa shape index (κ1) is 18.0. The first-order valence-corrected chi connectivity index (χ1v) is 9.24. The molecule has 0 aliphatic carbocycles. The Labute approximate surface area is 150 Å². The van der Waals surface area contributed by atoms with Crippen molar-refractivity contribution in [3.8, 4) is 5.75 Å². The smallest absolute Gasteiger partial charge is 0.238 e. The van der Waals surface area contributed by atoms with E-state index in [4.69, 9.17) is 4.74 Å². The first-order chi connectivity index (χ1) is 12.1. The lowest BCUT2D eigenvalue weighted by atomic mass is 9.99. The molecule has 3 rings (SSSR count). The summed E-state index contributed by atoms with van der Waals surface area (Å²) in [5.74, 6) is 2.01. The second-order valence-corrected chi connectivity index (χ2v) is 7.47. The maximum atomic E-state index is 12.4. The average Bonchev–Trinajstić information content (AvgIpc) is 3.29. The lowest BCUT2D eigenvalue weighted by Crippen LogP contribution is -2.45. The molecule has 0 radical (unpaired) electrons. The zero-order valence-electron chi connectivity index (χ0n) is 15.4. The SMILES string of the molecule is COc1cccc(N2CCC(CNC(=O)C3CC(C(C)C)NN3)C2)c1. The van der Waals surface area contributed by atoms with Crippen molar-refractivity contribution in [1.29, 1.82) is 0 Å². The second-order valence-electron chi connectivity index (χ2n) is 7.47. The molecule has 0 bridgehead atoms. The number of benzene rings is 1. The maximum absolute atomic E-state index is 12.4. The van der Waals surface area contributed by atoms with Crippen LogP contribution in [-0.4, -0.2) is 44.7 Å². The fourth-order valence-electron chi connectivity index (χ4n) is 3.60. The third-order valence-corrected chi connectivity index (χ3v) is 5.32. The van der Waals surface area contributed by atoms with E-state index in [9.17, 15) is 4.79 Å². The largest absolute Gasteiger partial charge is 0.497 e. The molecule has 1 aromatic rings. The van der Waals surface area contributed by atoms with Gasteiger partial charge in [-0.3, -0.25) is 10.2 Å². The molecule has 0 saturated carbocycles. The monoisotopic (exact) mass is 346 g/mol. The van der Waals surface area contributed by atoms with Crippen molar-refractivity contribution in [3.63, 3.8) is 0 Å². The molecule has 2 aliphatic heterocycles. The maximum Gasteiger partial charge on any atom is 0.238 e. The van der Waals surface area contributed by atoms with E-state index in [2.05, 4.69) is 47.0 Å². The number of hydrogen-bond acceptors (Lipinski definition) is 5. The van der Waals surface area contributed by atoms with Gasteiger partial charge in [0.1, 0.15) is 11.8 Å². The Morgan fingerprint density at radius 1 is 1.40 bits per heavy atom. The van der Waals surface area contributed by atoms with Gasteiger partial charge >= 0.3 is 0 Å². The Bertz CT molecular complexity index is 593. The van der Waals surface area contributed by atoms with Gasteiger partial charge < -0.3 is 15.0 Å². The summed E-state index contributed by atoms with van der Waals surface area (Å²) in [6.45, 7) is 7.07. The van der Waals surface area contributed by atoms with Crippen LogP contribution in [0.3, 0.4) is 0 Å². The van der Waals surface area contributed by atoms with E-state index in [1.54, 1.807) is 7.11 Å². The Morgan fingerprint density at radius 3 is 2.96 bits per heavy atom. The predicted octanol–water partition coefficient (Wildman–Crippen LogP) is 1.53. The highest BCUT2D eigenvalue weighted by molar-refractivity contribution is 5.82. The number of hydrazine groups is 1. The van der Waals surface area contributed by atoms with Gasteiger partial charge in [0.25, 0.3) is 0 Å². The Kier molecular flexibility index (Phi) is 5.81. The molecule has 138 valence electrons. The average molecular weight is 346 g/mol.